The molecule has 0 aliphatic carbocycles. The molecule has 0 aliphatic rings. The van der Waals surface area contributed by atoms with Crippen LogP contribution in [0.25, 0.3) is 0 Å². The number of aryl methyl sites for hydroxylation is 1. The Hall–Kier alpha value is -4.23. The third-order valence-corrected chi connectivity index (χ3v) is 10.5. The van der Waals surface area contributed by atoms with Crippen LogP contribution in [-0.4, -0.2) is 64.4 Å². The van der Waals surface area contributed by atoms with Gasteiger partial charge >= 0.3 is 0 Å². The number of nitrogens with one attached hydrogen (secondary N) is 3. The summed E-state index contributed by atoms with van der Waals surface area (Å²) in [5, 5.41) is 20.7. The number of anilines is 1. The van der Waals surface area contributed by atoms with Crippen LogP contribution in [0.4, 0.5) is 5.69 Å². The van der Waals surface area contributed by atoms with Crippen LogP contribution in [-0.2, 0) is 16.4 Å². The zero-order valence-electron chi connectivity index (χ0n) is 28.1. The Bertz CT molecular complexity index is 1810. The summed E-state index contributed by atoms with van der Waals surface area (Å²) in [5.41, 5.74) is 2.25. The van der Waals surface area contributed by atoms with Gasteiger partial charge in [0.25, 0.3) is 11.8 Å². The largest absolute Gasteiger partial charge is 0.497 e. The molecule has 4 aromatic rings. The van der Waals surface area contributed by atoms with Crippen molar-refractivity contribution in [3.8, 4) is 5.75 Å². The summed E-state index contributed by atoms with van der Waals surface area (Å²) < 4.78 is 31.3. The minimum Gasteiger partial charge on any atom is -0.497 e. The number of aliphatic hydroxyl groups is 1. The number of hydrogen-bond donors (Lipinski definition) is 4. The number of nitrogens with zero attached hydrogens (tertiary/aromatic N) is 1. The lowest BCUT2D eigenvalue weighted by atomic mass is 9.99. The fraction of sp³-hybridized carbons (Fsp3) is 0.333. The second kappa shape index (κ2) is 16.2. The van der Waals surface area contributed by atoms with E-state index in [9.17, 15) is 23.1 Å². The Morgan fingerprint density at radius 2 is 1.56 bits per heavy atom. The van der Waals surface area contributed by atoms with E-state index < -0.39 is 34.0 Å². The highest BCUT2D eigenvalue weighted by Crippen LogP contribution is 2.25. The lowest BCUT2D eigenvalue weighted by molar-refractivity contribution is 0.0825. The van der Waals surface area contributed by atoms with Gasteiger partial charge in [0.1, 0.15) is 5.75 Å². The van der Waals surface area contributed by atoms with Crippen molar-refractivity contribution in [1.29, 1.82) is 0 Å². The summed E-state index contributed by atoms with van der Waals surface area (Å²) in [5.74, 6) is -0.290. The zero-order chi connectivity index (χ0) is 35.0. The predicted molar refractivity (Wildman–Crippen MR) is 191 cm³/mol. The number of hydrogen-bond acceptors (Lipinski definition) is 8. The maximum atomic E-state index is 13.9. The second-order valence-corrected chi connectivity index (χ2v) is 15.2. The van der Waals surface area contributed by atoms with Crippen molar-refractivity contribution in [3.05, 3.63) is 117 Å². The van der Waals surface area contributed by atoms with Gasteiger partial charge < -0.3 is 25.8 Å². The monoisotopic (exact) mass is 692 g/mol. The molecular weight excluding hydrogens is 649 g/mol. The minimum atomic E-state index is -3.71. The number of rotatable bonds is 15. The van der Waals surface area contributed by atoms with Crippen molar-refractivity contribution in [1.82, 2.24) is 16.0 Å². The van der Waals surface area contributed by atoms with E-state index in [0.717, 1.165) is 37.2 Å². The average molecular weight is 693 g/mol. The van der Waals surface area contributed by atoms with Crippen LogP contribution in [0.15, 0.2) is 84.9 Å². The van der Waals surface area contributed by atoms with Gasteiger partial charge in [0.15, 0.2) is 0 Å². The molecular formula is C36H44N4O6S2. The SMILES string of the molecule is COc1cccc([C@@H](C)NC[C@@H](O)[C@H](Cc2ccccc2)NC(=O)c2cc(C(=O)NC(C)c3ccc(C)s3)cc(N(C)S(C)(=O)=O)c2)c1. The van der Waals surface area contributed by atoms with Gasteiger partial charge in [-0.05, 0) is 80.8 Å². The summed E-state index contributed by atoms with van der Waals surface area (Å²) in [7, 11) is -0.740. The molecule has 0 saturated heterocycles. The Morgan fingerprint density at radius 1 is 0.896 bits per heavy atom. The van der Waals surface area contributed by atoms with E-state index >= 15 is 0 Å². The smallest absolute Gasteiger partial charge is 0.251 e. The molecule has 1 heterocycles. The van der Waals surface area contributed by atoms with Gasteiger partial charge in [-0.15, -0.1) is 11.3 Å². The summed E-state index contributed by atoms with van der Waals surface area (Å²) in [4.78, 5) is 29.4. The maximum Gasteiger partial charge on any atom is 0.251 e. The van der Waals surface area contributed by atoms with Crippen LogP contribution >= 0.6 is 11.3 Å². The molecule has 12 heteroatoms. The summed E-state index contributed by atoms with van der Waals surface area (Å²) in [6.07, 6.45) is 0.380. The van der Waals surface area contributed by atoms with Gasteiger partial charge in [-0.2, -0.15) is 0 Å². The van der Waals surface area contributed by atoms with E-state index in [-0.39, 0.29) is 35.4 Å². The van der Waals surface area contributed by atoms with Gasteiger partial charge in [-0.1, -0.05) is 42.5 Å². The average Bonchev–Trinajstić information content (AvgIpc) is 3.52. The van der Waals surface area contributed by atoms with Gasteiger partial charge in [0.05, 0.1) is 37.2 Å². The van der Waals surface area contributed by atoms with Crippen molar-refractivity contribution in [2.24, 2.45) is 0 Å². The predicted octanol–water partition coefficient (Wildman–Crippen LogP) is 5.00. The fourth-order valence-electron chi connectivity index (χ4n) is 5.16. The summed E-state index contributed by atoms with van der Waals surface area (Å²) >= 11 is 1.57. The molecule has 2 amide bonds. The molecule has 0 spiro atoms. The van der Waals surface area contributed by atoms with Gasteiger partial charge in [-0.25, -0.2) is 8.42 Å². The van der Waals surface area contributed by atoms with E-state index in [4.69, 9.17) is 4.74 Å². The number of amides is 2. The fourth-order valence-corrected chi connectivity index (χ4v) is 6.52. The van der Waals surface area contributed by atoms with Gasteiger partial charge in [0, 0.05) is 40.5 Å². The molecule has 256 valence electrons. The standard InChI is InChI=1S/C36H44N4O6S2/c1-23-15-16-34(47-23)25(3)38-35(42)28-18-29(20-30(19-28)40(4)48(6,44)45)36(43)39-32(17-26-11-8-7-9-12-26)33(41)22-37-24(2)27-13-10-14-31(21-27)46-5/h7-16,18-21,24-25,32-33,37,41H,17,22H2,1-6H3,(H,38,42)(H,39,43)/t24-,25?,32+,33-/m1/s1. The van der Waals surface area contributed by atoms with Crippen molar-refractivity contribution in [3.63, 3.8) is 0 Å². The second-order valence-electron chi connectivity index (χ2n) is 11.9. The molecule has 4 N–H and O–H groups in total. The Kier molecular flexibility index (Phi) is 12.4. The number of methoxy groups -OCH3 is 1. The third kappa shape index (κ3) is 9.89. The van der Waals surface area contributed by atoms with Crippen LogP contribution in [0.1, 0.15) is 67.5 Å². The maximum absolute atomic E-state index is 13.9. The van der Waals surface area contributed by atoms with Crippen molar-refractivity contribution in [2.45, 2.75) is 51.4 Å². The first-order valence-corrected chi connectivity index (χ1v) is 18.3. The normalized spacial score (nSPS) is 14.0. The van der Waals surface area contributed by atoms with Gasteiger partial charge in [-0.3, -0.25) is 13.9 Å². The topological polar surface area (TPSA) is 137 Å². The molecule has 0 bridgehead atoms. The number of ether oxygens (including phenoxy) is 1. The number of benzene rings is 3. The van der Waals surface area contributed by atoms with E-state index in [2.05, 4.69) is 16.0 Å². The van der Waals surface area contributed by atoms with Crippen LogP contribution < -0.4 is 25.0 Å². The molecule has 4 rings (SSSR count). The molecule has 3 aromatic carbocycles. The van der Waals surface area contributed by atoms with E-state index in [1.165, 1.54) is 25.2 Å². The lowest BCUT2D eigenvalue weighted by Crippen LogP contribution is -2.49. The number of sulfonamides is 1. The number of aliphatic hydroxyl groups excluding tert-OH is 1. The Balaban J connectivity index is 1.59. The van der Waals surface area contributed by atoms with E-state index in [0.29, 0.717) is 6.42 Å². The van der Waals surface area contributed by atoms with Crippen molar-refractivity contribution in [2.75, 3.05) is 31.3 Å². The van der Waals surface area contributed by atoms with Crippen molar-refractivity contribution >= 4 is 38.9 Å². The quantitative estimate of drug-likeness (QED) is 0.138. The molecule has 1 unspecified atom stereocenters. The van der Waals surface area contributed by atoms with Crippen LogP contribution in [0.3, 0.4) is 0 Å². The van der Waals surface area contributed by atoms with Gasteiger partial charge in [0.2, 0.25) is 10.0 Å². The van der Waals surface area contributed by atoms with Crippen LogP contribution in [0, 0.1) is 6.92 Å². The molecule has 0 saturated carbocycles. The lowest BCUT2D eigenvalue weighted by Gasteiger charge is -2.27. The molecule has 48 heavy (non-hydrogen) atoms. The molecule has 1 aromatic heterocycles. The highest BCUT2D eigenvalue weighted by atomic mass is 32.2. The van der Waals surface area contributed by atoms with E-state index in [1.54, 1.807) is 18.4 Å². The summed E-state index contributed by atoms with van der Waals surface area (Å²) in [6.45, 7) is 5.99. The summed E-state index contributed by atoms with van der Waals surface area (Å²) in [6, 6.07) is 24.2. The molecule has 0 radical (unpaired) electrons. The van der Waals surface area contributed by atoms with Crippen LogP contribution in [0.5, 0.6) is 5.75 Å². The zero-order valence-corrected chi connectivity index (χ0v) is 29.7. The van der Waals surface area contributed by atoms with Crippen molar-refractivity contribution < 1.29 is 27.9 Å². The Labute approximate surface area is 287 Å². The van der Waals surface area contributed by atoms with Crippen LogP contribution in [0.2, 0.25) is 0 Å². The highest BCUT2D eigenvalue weighted by molar-refractivity contribution is 7.92. The minimum absolute atomic E-state index is 0.0794. The first-order chi connectivity index (χ1) is 22.7. The first kappa shape index (κ1) is 36.6. The molecule has 4 atom stereocenters. The molecule has 0 fully saturated rings. The number of carbonyl (C=O) groups excluding carboxylic acids is 2. The highest BCUT2D eigenvalue weighted by Gasteiger charge is 2.25. The third-order valence-electron chi connectivity index (χ3n) is 8.15. The molecule has 10 nitrogen and oxygen atoms in total. The first-order valence-electron chi connectivity index (χ1n) is 15.6. The number of carbonyl (C=O) groups is 2. The molecule has 0 aliphatic heterocycles. The van der Waals surface area contributed by atoms with E-state index in [1.807, 2.05) is 87.5 Å². The number of thiophene rings is 1. The Morgan fingerprint density at radius 3 is 2.17 bits per heavy atom.